The molecule has 6 nitrogen and oxygen atoms in total. The van der Waals surface area contributed by atoms with E-state index < -0.39 is 0 Å². The molecule has 0 bridgehead atoms. The number of benzene rings is 1. The minimum atomic E-state index is -0.266. The Kier molecular flexibility index (Phi) is 5.15. The number of halogens is 1. The van der Waals surface area contributed by atoms with Crippen LogP contribution in [0.3, 0.4) is 0 Å². The number of rotatable bonds is 6. The van der Waals surface area contributed by atoms with E-state index in [0.717, 1.165) is 22.4 Å². The van der Waals surface area contributed by atoms with Crippen molar-refractivity contribution in [2.24, 2.45) is 0 Å². The molecule has 0 saturated carbocycles. The first-order valence-electron chi connectivity index (χ1n) is 7.83. The molecule has 0 aliphatic carbocycles. The van der Waals surface area contributed by atoms with Crippen LogP contribution in [0, 0.1) is 5.82 Å². The van der Waals surface area contributed by atoms with Gasteiger partial charge in [-0.1, -0.05) is 6.07 Å². The highest BCUT2D eigenvalue weighted by Crippen LogP contribution is 2.21. The Morgan fingerprint density at radius 1 is 1.12 bits per heavy atom. The monoisotopic (exact) mass is 339 g/mol. The van der Waals surface area contributed by atoms with E-state index in [1.165, 1.54) is 19.1 Å². The maximum Gasteiger partial charge on any atom is 0.222 e. The summed E-state index contributed by atoms with van der Waals surface area (Å²) in [6, 6.07) is 9.96. The summed E-state index contributed by atoms with van der Waals surface area (Å²) in [5, 5.41) is 13.0. The van der Waals surface area contributed by atoms with Crippen LogP contribution in [0.1, 0.15) is 18.1 Å². The van der Waals surface area contributed by atoms with Crippen molar-refractivity contribution in [1.29, 1.82) is 0 Å². The summed E-state index contributed by atoms with van der Waals surface area (Å²) in [4.78, 5) is 15.2. The highest BCUT2D eigenvalue weighted by Gasteiger charge is 2.07. The molecule has 0 unspecified atom stereocenters. The molecule has 0 aliphatic heterocycles. The number of hydrogen-bond donors (Lipinski definition) is 3. The zero-order valence-electron chi connectivity index (χ0n) is 13.7. The molecule has 0 radical (unpaired) electrons. The molecule has 1 amide bonds. The molecule has 25 heavy (non-hydrogen) atoms. The first-order chi connectivity index (χ1) is 12.1. The standard InChI is InChI=1S/C18H18FN5O/c1-12(25)23-17-7-2-13(9-21-17)8-20-10-15-11-22-24-18(15)14-3-5-16(19)6-4-14/h2-7,9,11,20H,8,10H2,1H3,(H,22,24)(H,21,23,25). The smallest absolute Gasteiger partial charge is 0.222 e. The van der Waals surface area contributed by atoms with E-state index in [1.54, 1.807) is 30.6 Å². The van der Waals surface area contributed by atoms with Crippen molar-refractivity contribution in [3.63, 3.8) is 0 Å². The van der Waals surface area contributed by atoms with E-state index in [2.05, 4.69) is 25.8 Å². The van der Waals surface area contributed by atoms with Crippen LogP contribution in [0.25, 0.3) is 11.3 Å². The van der Waals surface area contributed by atoms with Gasteiger partial charge in [-0.15, -0.1) is 0 Å². The fourth-order valence-electron chi connectivity index (χ4n) is 2.44. The van der Waals surface area contributed by atoms with Crippen molar-refractivity contribution in [2.45, 2.75) is 20.0 Å². The molecular weight excluding hydrogens is 321 g/mol. The highest BCUT2D eigenvalue weighted by atomic mass is 19.1. The van der Waals surface area contributed by atoms with Gasteiger partial charge in [-0.05, 0) is 35.9 Å². The lowest BCUT2D eigenvalue weighted by Gasteiger charge is -2.07. The fraction of sp³-hybridized carbons (Fsp3) is 0.167. The van der Waals surface area contributed by atoms with Gasteiger partial charge in [0.15, 0.2) is 0 Å². The molecule has 0 spiro atoms. The van der Waals surface area contributed by atoms with Crippen LogP contribution in [0.2, 0.25) is 0 Å². The van der Waals surface area contributed by atoms with Crippen molar-refractivity contribution < 1.29 is 9.18 Å². The second-order valence-corrected chi connectivity index (χ2v) is 5.61. The molecule has 1 aromatic carbocycles. The molecule has 3 aromatic rings. The molecule has 128 valence electrons. The van der Waals surface area contributed by atoms with Crippen molar-refractivity contribution in [3.8, 4) is 11.3 Å². The van der Waals surface area contributed by atoms with E-state index in [1.807, 2.05) is 6.07 Å². The number of anilines is 1. The number of nitrogens with one attached hydrogen (secondary N) is 3. The van der Waals surface area contributed by atoms with E-state index in [0.29, 0.717) is 18.9 Å². The number of aromatic amines is 1. The Bertz CT molecular complexity index is 843. The van der Waals surface area contributed by atoms with Crippen LogP contribution in [-0.4, -0.2) is 21.1 Å². The van der Waals surface area contributed by atoms with Gasteiger partial charge in [0, 0.05) is 37.3 Å². The molecule has 0 atom stereocenters. The summed E-state index contributed by atoms with van der Waals surface area (Å²) >= 11 is 0. The Balaban J connectivity index is 1.59. The van der Waals surface area contributed by atoms with Crippen LogP contribution in [0.15, 0.2) is 48.8 Å². The second kappa shape index (κ2) is 7.67. The van der Waals surface area contributed by atoms with Crippen molar-refractivity contribution in [2.75, 3.05) is 5.32 Å². The van der Waals surface area contributed by atoms with Crippen molar-refractivity contribution in [1.82, 2.24) is 20.5 Å². The molecule has 2 aromatic heterocycles. The van der Waals surface area contributed by atoms with E-state index >= 15 is 0 Å². The predicted octanol–water partition coefficient (Wildman–Crippen LogP) is 2.86. The first kappa shape index (κ1) is 16.8. The minimum absolute atomic E-state index is 0.147. The average molecular weight is 339 g/mol. The molecule has 0 saturated heterocycles. The lowest BCUT2D eigenvalue weighted by molar-refractivity contribution is -0.114. The third-order valence-corrected chi connectivity index (χ3v) is 3.62. The van der Waals surface area contributed by atoms with E-state index in [9.17, 15) is 9.18 Å². The van der Waals surface area contributed by atoms with Gasteiger partial charge in [0.2, 0.25) is 5.91 Å². The quantitative estimate of drug-likeness (QED) is 0.645. The summed E-state index contributed by atoms with van der Waals surface area (Å²) in [7, 11) is 0. The second-order valence-electron chi connectivity index (χ2n) is 5.61. The van der Waals surface area contributed by atoms with Crippen LogP contribution in [0.5, 0.6) is 0 Å². The van der Waals surface area contributed by atoms with Gasteiger partial charge >= 0.3 is 0 Å². The largest absolute Gasteiger partial charge is 0.311 e. The number of hydrogen-bond acceptors (Lipinski definition) is 4. The van der Waals surface area contributed by atoms with Gasteiger partial charge in [0.25, 0.3) is 0 Å². The average Bonchev–Trinajstić information content (AvgIpc) is 3.05. The van der Waals surface area contributed by atoms with Gasteiger partial charge in [0.1, 0.15) is 11.6 Å². The highest BCUT2D eigenvalue weighted by molar-refractivity contribution is 5.87. The number of carbonyl (C=O) groups excluding carboxylic acids is 1. The molecule has 7 heteroatoms. The fourth-order valence-corrected chi connectivity index (χ4v) is 2.44. The molecular formula is C18H18FN5O. The number of aromatic nitrogens is 3. The lowest BCUT2D eigenvalue weighted by Crippen LogP contribution is -2.13. The SMILES string of the molecule is CC(=O)Nc1ccc(CNCc2cn[nH]c2-c2ccc(F)cc2)cn1. The summed E-state index contributed by atoms with van der Waals surface area (Å²) in [6.07, 6.45) is 3.47. The lowest BCUT2D eigenvalue weighted by atomic mass is 10.1. The molecule has 3 N–H and O–H groups in total. The van der Waals surface area contributed by atoms with Crippen LogP contribution >= 0.6 is 0 Å². The summed E-state index contributed by atoms with van der Waals surface area (Å²) < 4.78 is 13.1. The van der Waals surface area contributed by atoms with Crippen LogP contribution < -0.4 is 10.6 Å². The topological polar surface area (TPSA) is 82.7 Å². The number of nitrogens with zero attached hydrogens (tertiary/aromatic N) is 2. The Morgan fingerprint density at radius 3 is 2.60 bits per heavy atom. The third kappa shape index (κ3) is 4.48. The molecule has 0 aliphatic rings. The number of H-pyrrole nitrogens is 1. The molecule has 3 rings (SSSR count). The Labute approximate surface area is 144 Å². The van der Waals surface area contributed by atoms with Gasteiger partial charge in [-0.2, -0.15) is 5.10 Å². The predicted molar refractivity (Wildman–Crippen MR) is 93.1 cm³/mol. The van der Waals surface area contributed by atoms with Gasteiger partial charge < -0.3 is 10.6 Å². The zero-order chi connectivity index (χ0) is 17.6. The number of amides is 1. The Morgan fingerprint density at radius 2 is 1.92 bits per heavy atom. The van der Waals surface area contributed by atoms with Crippen LogP contribution in [-0.2, 0) is 17.9 Å². The minimum Gasteiger partial charge on any atom is -0.311 e. The number of pyridine rings is 1. The molecule has 2 heterocycles. The third-order valence-electron chi connectivity index (χ3n) is 3.62. The summed E-state index contributed by atoms with van der Waals surface area (Å²) in [5.74, 6) is 0.120. The van der Waals surface area contributed by atoms with E-state index in [4.69, 9.17) is 0 Å². The van der Waals surface area contributed by atoms with Crippen molar-refractivity contribution in [3.05, 3.63) is 65.7 Å². The van der Waals surface area contributed by atoms with Gasteiger partial charge in [-0.25, -0.2) is 9.37 Å². The Hall–Kier alpha value is -3.06. The van der Waals surface area contributed by atoms with E-state index in [-0.39, 0.29) is 11.7 Å². The molecule has 0 fully saturated rings. The maximum absolute atomic E-state index is 13.1. The zero-order valence-corrected chi connectivity index (χ0v) is 13.7. The van der Waals surface area contributed by atoms with Gasteiger partial charge in [-0.3, -0.25) is 9.89 Å². The number of carbonyl (C=O) groups is 1. The van der Waals surface area contributed by atoms with Crippen LogP contribution in [0.4, 0.5) is 10.2 Å². The van der Waals surface area contributed by atoms with Gasteiger partial charge in [0.05, 0.1) is 11.9 Å². The maximum atomic E-state index is 13.1. The summed E-state index contributed by atoms with van der Waals surface area (Å²) in [5.41, 5.74) is 3.75. The summed E-state index contributed by atoms with van der Waals surface area (Å²) in [6.45, 7) is 2.68. The normalized spacial score (nSPS) is 10.6. The first-order valence-corrected chi connectivity index (χ1v) is 7.83. The van der Waals surface area contributed by atoms with Crippen molar-refractivity contribution >= 4 is 11.7 Å².